The molecule has 340 valence electrons. The molecule has 0 aliphatic rings. The summed E-state index contributed by atoms with van der Waals surface area (Å²) in [6.45, 7) is 63.1. The number of carboxylic acids is 1. The second-order valence-corrected chi connectivity index (χ2v) is 77.0. The molecule has 0 spiro atoms. The molecule has 0 aliphatic heterocycles. The highest BCUT2D eigenvalue weighted by Gasteiger charge is 2.91. The highest BCUT2D eigenvalue weighted by Crippen LogP contribution is 2.64. The molecule has 0 saturated carbocycles. The third-order valence-electron chi connectivity index (χ3n) is 6.87. The van der Waals surface area contributed by atoms with Crippen LogP contribution in [0.4, 0.5) is 0 Å². The molecular formula is C34H90O11Si12. The Morgan fingerprint density at radius 3 is 0.667 bits per heavy atom. The molecule has 0 aromatic rings. The molecule has 0 unspecified atom stereocenters. The Kier molecular flexibility index (Phi) is 19.8. The molecule has 0 aromatic carbocycles. The van der Waals surface area contributed by atoms with Gasteiger partial charge in [-0.05, 0) is 196 Å². The summed E-state index contributed by atoms with van der Waals surface area (Å²) in [5.41, 5.74) is 0.116. The van der Waals surface area contributed by atoms with Crippen LogP contribution in [0.2, 0.25) is 181 Å². The van der Waals surface area contributed by atoms with E-state index in [1.807, 2.05) is 0 Å². The molecule has 0 rings (SSSR count). The predicted molar refractivity (Wildman–Crippen MR) is 270 cm³/mol. The lowest BCUT2D eigenvalue weighted by Gasteiger charge is -2.64. The van der Waals surface area contributed by atoms with Crippen molar-refractivity contribution in [1.82, 2.24) is 0 Å². The number of carboxylic acid groups (broad SMARTS) is 1. The molecule has 0 aromatic heterocycles. The van der Waals surface area contributed by atoms with E-state index in [0.717, 1.165) is 0 Å². The average molecular weight is 1010 g/mol. The van der Waals surface area contributed by atoms with Gasteiger partial charge in [0, 0.05) is 5.57 Å². The van der Waals surface area contributed by atoms with Crippen molar-refractivity contribution < 1.29 is 46.9 Å². The van der Waals surface area contributed by atoms with Crippen molar-refractivity contribution in [2.45, 2.75) is 200 Å². The van der Waals surface area contributed by atoms with E-state index in [9.17, 15) is 9.90 Å². The van der Waals surface area contributed by atoms with Gasteiger partial charge in [0.15, 0.2) is 79.1 Å². The van der Waals surface area contributed by atoms with Crippen LogP contribution in [0.3, 0.4) is 0 Å². The molecule has 23 heteroatoms. The van der Waals surface area contributed by atoms with Crippen molar-refractivity contribution in [2.75, 3.05) is 0 Å². The molecular weight excluding hydrogens is 921 g/mol. The number of rotatable bonds is 26. The first-order chi connectivity index (χ1) is 24.4. The fourth-order valence-corrected chi connectivity index (χ4v) is 60.7. The van der Waals surface area contributed by atoms with E-state index in [1.165, 1.54) is 0 Å². The van der Waals surface area contributed by atoms with Crippen LogP contribution in [0.25, 0.3) is 0 Å². The molecule has 1 N–H and O–H groups in total. The van der Waals surface area contributed by atoms with Crippen molar-refractivity contribution >= 4 is 107 Å². The van der Waals surface area contributed by atoms with Crippen LogP contribution in [-0.4, -0.2) is 112 Å². The quantitative estimate of drug-likeness (QED) is 0.0659. The minimum Gasteiger partial charge on any atom is -0.478 e. The lowest BCUT2D eigenvalue weighted by atomic mass is 10.1. The molecule has 0 bridgehead atoms. The second-order valence-electron chi connectivity index (χ2n) is 24.3. The summed E-state index contributed by atoms with van der Waals surface area (Å²) in [5, 5.41) is 10.2. The summed E-state index contributed by atoms with van der Waals surface area (Å²) in [7, 11) is -37.3. The van der Waals surface area contributed by atoms with Gasteiger partial charge in [-0.1, -0.05) is 6.58 Å². The van der Waals surface area contributed by atoms with E-state index >= 15 is 0 Å². The largest absolute Gasteiger partial charge is 0.485 e. The van der Waals surface area contributed by atoms with Crippen molar-refractivity contribution in [3.8, 4) is 0 Å². The summed E-state index contributed by atoms with van der Waals surface area (Å²) < 4.78 is 70.5. The Labute approximate surface area is 364 Å². The fraction of sp³-hybridized carbons (Fsp3) is 0.912. The zero-order valence-electron chi connectivity index (χ0n) is 41.9. The van der Waals surface area contributed by atoms with Crippen molar-refractivity contribution in [3.63, 3.8) is 0 Å². The Balaban J connectivity index is 10.7. The Morgan fingerprint density at radius 2 is 0.544 bits per heavy atom. The highest BCUT2D eigenvalue weighted by atomic mass is 28.6. The molecule has 11 nitrogen and oxygen atoms in total. The monoisotopic (exact) mass is 1010 g/mol. The summed E-state index contributed by atoms with van der Waals surface area (Å²) in [4.78, 5) is 12.5. The summed E-state index contributed by atoms with van der Waals surface area (Å²) in [6, 6.07) is 0. The van der Waals surface area contributed by atoms with E-state index in [0.29, 0.717) is 6.42 Å². The zero-order chi connectivity index (χ0) is 46.1. The van der Waals surface area contributed by atoms with Gasteiger partial charge in [0.2, 0.25) is 0 Å². The van der Waals surface area contributed by atoms with E-state index in [4.69, 9.17) is 37.0 Å². The predicted octanol–water partition coefficient (Wildman–Crippen LogP) is 12.1. The Morgan fingerprint density at radius 1 is 0.386 bits per heavy atom. The van der Waals surface area contributed by atoms with Crippen LogP contribution in [0.15, 0.2) is 12.2 Å². The summed E-state index contributed by atoms with van der Waals surface area (Å²) in [5.74, 6) is -1.03. The smallest absolute Gasteiger partial charge is 0.478 e. The van der Waals surface area contributed by atoms with Gasteiger partial charge in [0.1, 0.15) is 0 Å². The topological polar surface area (TPSA) is 120 Å². The van der Waals surface area contributed by atoms with Gasteiger partial charge in [-0.25, -0.2) is 4.79 Å². The van der Waals surface area contributed by atoms with Crippen molar-refractivity contribution in [1.29, 1.82) is 0 Å². The van der Waals surface area contributed by atoms with Crippen molar-refractivity contribution in [2.24, 2.45) is 0 Å². The van der Waals surface area contributed by atoms with Crippen LogP contribution in [0, 0.1) is 0 Å². The van der Waals surface area contributed by atoms with Gasteiger partial charge in [-0.3, -0.25) is 0 Å². The normalized spacial score (nSPS) is 15.6. The van der Waals surface area contributed by atoms with Crippen LogP contribution in [-0.2, 0) is 41.8 Å². The summed E-state index contributed by atoms with van der Waals surface area (Å²) in [6.07, 6.45) is 0.826. The zero-order valence-corrected chi connectivity index (χ0v) is 53.9. The Bertz CT molecular complexity index is 1080. The van der Waals surface area contributed by atoms with Gasteiger partial charge < -0.3 is 42.1 Å². The lowest BCUT2D eigenvalue weighted by Crippen LogP contribution is -2.88. The second kappa shape index (κ2) is 19.3. The molecule has 0 radical (unpaired) electrons. The molecule has 0 aliphatic carbocycles. The minimum absolute atomic E-state index is 0.116. The molecule has 0 heterocycles. The van der Waals surface area contributed by atoms with Gasteiger partial charge in [-0.15, -0.1) is 0 Å². The van der Waals surface area contributed by atoms with Crippen molar-refractivity contribution in [3.05, 3.63) is 12.2 Å². The van der Waals surface area contributed by atoms with Crippen LogP contribution in [0.1, 0.15) is 19.3 Å². The van der Waals surface area contributed by atoms with Gasteiger partial charge >= 0.3 is 32.4 Å². The van der Waals surface area contributed by atoms with Gasteiger partial charge in [0.25, 0.3) is 0 Å². The molecule has 0 fully saturated rings. The molecule has 57 heavy (non-hydrogen) atoms. The first-order valence-corrected chi connectivity index (χ1v) is 56.5. The van der Waals surface area contributed by atoms with Gasteiger partial charge in [0.05, 0.1) is 0 Å². The number of aliphatic carboxylic acids is 1. The van der Waals surface area contributed by atoms with Crippen LogP contribution < -0.4 is 0 Å². The van der Waals surface area contributed by atoms with E-state index in [2.05, 4.69) is 183 Å². The number of hydrogen-bond acceptors (Lipinski definition) is 10. The Hall–Kier alpha value is 1.45. The number of hydrogen-bond donors (Lipinski definition) is 1. The number of carbonyl (C=O) groups is 1. The maximum atomic E-state index is 12.5. The first kappa shape index (κ1) is 58.5. The van der Waals surface area contributed by atoms with Gasteiger partial charge in [-0.2, -0.15) is 0 Å². The van der Waals surface area contributed by atoms with E-state index in [1.54, 1.807) is 0 Å². The maximum absolute atomic E-state index is 12.5. The average Bonchev–Trinajstić information content (AvgIpc) is 2.75. The third kappa shape index (κ3) is 20.2. The molecule has 0 amide bonds. The fourth-order valence-electron chi connectivity index (χ4n) is 6.30. The van der Waals surface area contributed by atoms with Crippen LogP contribution >= 0.6 is 0 Å². The van der Waals surface area contributed by atoms with E-state index in [-0.39, 0.29) is 18.4 Å². The first-order valence-electron chi connectivity index (χ1n) is 20.7. The molecule has 0 atom stereocenters. The van der Waals surface area contributed by atoms with E-state index < -0.39 is 112 Å². The molecule has 0 saturated heterocycles. The standard InChI is InChI=1S/C34H90O11Si12/c1-32(33(35)36)30-29-31-34(55(37-46(2,3)4,38-47(5,6)7)39-48(8,9)10,56(40-49(11,12)13,41-50(14,15)16)42-51(17,18)19)57(43-52(20,21)22,44-53(23,24)25)45-54(26,27)28/h1,29-31H2,2-28H3,(H,35,36). The third-order valence-corrected chi connectivity index (χ3v) is 48.0. The van der Waals surface area contributed by atoms with Crippen LogP contribution in [0.5, 0.6) is 0 Å². The highest BCUT2D eigenvalue weighted by molar-refractivity contribution is 7.14. The lowest BCUT2D eigenvalue weighted by molar-refractivity contribution is -0.132. The maximum Gasteiger partial charge on any atom is 0.485 e. The SMILES string of the molecule is C=C(CCCC([Si](O[Si](C)(C)C)(O[Si](C)(C)C)O[Si](C)(C)C)([Si](O[Si](C)(C)C)(O[Si](C)(C)C)O[Si](C)(C)C)[Si](O[Si](C)(C)C)(O[Si](C)(C)C)O[Si](C)(C)C)C(=O)O. The minimum atomic E-state index is -4.44. The summed E-state index contributed by atoms with van der Waals surface area (Å²) >= 11 is 0.